The number of fused-ring (bicyclic) bond motifs is 1. The standard InChI is InChI=1S/C22H25F3N4OS/c1-15-13-16(2)26-21-19(15)20(27-31-21)30-12-4-7-28-8-10-29(11-9-28)18-6-3-5-17(14-18)22(23,24)25/h3,5-6,13-14H,4,7-12H2,1-2H3. The quantitative estimate of drug-likeness (QED) is 0.499. The second-order valence-corrected chi connectivity index (χ2v) is 8.58. The van der Waals surface area contributed by atoms with E-state index in [0.29, 0.717) is 31.3 Å². The van der Waals surface area contributed by atoms with E-state index in [0.717, 1.165) is 53.6 Å². The fourth-order valence-electron chi connectivity index (χ4n) is 3.92. The highest BCUT2D eigenvalue weighted by Gasteiger charge is 2.31. The lowest BCUT2D eigenvalue weighted by Crippen LogP contribution is -2.46. The van der Waals surface area contributed by atoms with Gasteiger partial charge in [-0.15, -0.1) is 0 Å². The Morgan fingerprint density at radius 3 is 2.61 bits per heavy atom. The minimum absolute atomic E-state index is 0.569. The highest BCUT2D eigenvalue weighted by molar-refractivity contribution is 7.13. The van der Waals surface area contributed by atoms with Gasteiger partial charge in [-0.25, -0.2) is 4.98 Å². The van der Waals surface area contributed by atoms with Gasteiger partial charge in [0.25, 0.3) is 0 Å². The molecule has 1 aliphatic heterocycles. The highest BCUT2D eigenvalue weighted by atomic mass is 32.1. The topological polar surface area (TPSA) is 41.5 Å². The van der Waals surface area contributed by atoms with Crippen LogP contribution in [0.3, 0.4) is 0 Å². The van der Waals surface area contributed by atoms with Crippen molar-refractivity contribution in [1.82, 2.24) is 14.3 Å². The lowest BCUT2D eigenvalue weighted by molar-refractivity contribution is -0.137. The normalized spacial score (nSPS) is 15.6. The molecule has 31 heavy (non-hydrogen) atoms. The van der Waals surface area contributed by atoms with Crippen molar-refractivity contribution in [3.63, 3.8) is 0 Å². The van der Waals surface area contributed by atoms with Gasteiger partial charge < -0.3 is 9.64 Å². The van der Waals surface area contributed by atoms with E-state index in [1.807, 2.05) is 24.8 Å². The largest absolute Gasteiger partial charge is 0.477 e. The molecule has 9 heteroatoms. The molecule has 1 aromatic carbocycles. The number of piperazine rings is 1. The van der Waals surface area contributed by atoms with Crippen molar-refractivity contribution in [2.75, 3.05) is 44.2 Å². The first-order chi connectivity index (χ1) is 14.8. The summed E-state index contributed by atoms with van der Waals surface area (Å²) in [6.07, 6.45) is -3.45. The Morgan fingerprint density at radius 2 is 1.87 bits per heavy atom. The van der Waals surface area contributed by atoms with Crippen molar-refractivity contribution in [1.29, 1.82) is 0 Å². The van der Waals surface area contributed by atoms with Crippen LogP contribution in [-0.2, 0) is 6.18 Å². The van der Waals surface area contributed by atoms with Crippen molar-refractivity contribution in [2.45, 2.75) is 26.4 Å². The molecule has 0 radical (unpaired) electrons. The molecule has 0 unspecified atom stereocenters. The summed E-state index contributed by atoms with van der Waals surface area (Å²) in [5.74, 6) is 0.652. The summed E-state index contributed by atoms with van der Waals surface area (Å²) >= 11 is 1.36. The predicted molar refractivity (Wildman–Crippen MR) is 117 cm³/mol. The van der Waals surface area contributed by atoms with Crippen LogP contribution in [0.25, 0.3) is 10.2 Å². The van der Waals surface area contributed by atoms with Gasteiger partial charge in [-0.1, -0.05) is 6.07 Å². The number of halogens is 3. The van der Waals surface area contributed by atoms with Crippen LogP contribution in [0.4, 0.5) is 18.9 Å². The van der Waals surface area contributed by atoms with E-state index in [1.54, 1.807) is 6.07 Å². The zero-order valence-electron chi connectivity index (χ0n) is 17.6. The van der Waals surface area contributed by atoms with E-state index < -0.39 is 11.7 Å². The molecule has 0 saturated carbocycles. The van der Waals surface area contributed by atoms with E-state index >= 15 is 0 Å². The van der Waals surface area contributed by atoms with Crippen LogP contribution in [0, 0.1) is 13.8 Å². The molecule has 3 heterocycles. The minimum atomic E-state index is -4.31. The molecule has 0 N–H and O–H groups in total. The first-order valence-electron chi connectivity index (χ1n) is 10.3. The molecule has 1 fully saturated rings. The van der Waals surface area contributed by atoms with Crippen LogP contribution >= 0.6 is 11.5 Å². The summed E-state index contributed by atoms with van der Waals surface area (Å²) in [6.45, 7) is 8.53. The van der Waals surface area contributed by atoms with Crippen LogP contribution in [0.2, 0.25) is 0 Å². The third-order valence-corrected chi connectivity index (χ3v) is 6.23. The first kappa shape index (κ1) is 21.8. The van der Waals surface area contributed by atoms with Crippen molar-refractivity contribution >= 4 is 27.4 Å². The third kappa shape index (κ3) is 5.10. The smallest absolute Gasteiger partial charge is 0.416 e. The number of hydrogen-bond acceptors (Lipinski definition) is 6. The molecule has 0 aliphatic carbocycles. The summed E-state index contributed by atoms with van der Waals surface area (Å²) in [5, 5.41) is 0.991. The second-order valence-electron chi connectivity index (χ2n) is 7.83. The molecule has 1 aliphatic rings. The van der Waals surface area contributed by atoms with Crippen LogP contribution in [0.15, 0.2) is 30.3 Å². The van der Waals surface area contributed by atoms with E-state index in [1.165, 1.54) is 23.7 Å². The zero-order chi connectivity index (χ0) is 22.0. The van der Waals surface area contributed by atoms with Crippen LogP contribution in [0.5, 0.6) is 5.88 Å². The number of aromatic nitrogens is 2. The molecule has 0 atom stereocenters. The Kier molecular flexibility index (Phi) is 6.34. The predicted octanol–water partition coefficient (Wildman–Crippen LogP) is 4.92. The molecular formula is C22H25F3N4OS. The molecule has 2 aromatic heterocycles. The Bertz CT molecular complexity index is 1040. The molecule has 1 saturated heterocycles. The average molecular weight is 451 g/mol. The van der Waals surface area contributed by atoms with E-state index in [-0.39, 0.29) is 0 Å². The van der Waals surface area contributed by atoms with Gasteiger partial charge in [0.1, 0.15) is 4.83 Å². The number of anilines is 1. The Hall–Kier alpha value is -2.39. The average Bonchev–Trinajstić information content (AvgIpc) is 3.14. The number of hydrogen-bond donors (Lipinski definition) is 0. The highest BCUT2D eigenvalue weighted by Crippen LogP contribution is 2.32. The SMILES string of the molecule is Cc1cc(C)c2c(OCCCN3CCN(c4cccc(C(F)(F)F)c4)CC3)nsc2n1. The Balaban J connectivity index is 1.24. The number of rotatable bonds is 6. The zero-order valence-corrected chi connectivity index (χ0v) is 18.4. The molecule has 4 rings (SSSR count). The summed E-state index contributed by atoms with van der Waals surface area (Å²) < 4.78 is 49.2. The van der Waals surface area contributed by atoms with Crippen molar-refractivity contribution in [3.8, 4) is 5.88 Å². The molecule has 5 nitrogen and oxygen atoms in total. The maximum atomic E-state index is 13.0. The van der Waals surface area contributed by atoms with Gasteiger partial charge in [-0.3, -0.25) is 4.90 Å². The number of nitrogens with zero attached hydrogens (tertiary/aromatic N) is 4. The molecule has 0 bridgehead atoms. The molecule has 0 spiro atoms. The lowest BCUT2D eigenvalue weighted by atomic mass is 10.1. The first-order valence-corrected chi connectivity index (χ1v) is 11.1. The van der Waals surface area contributed by atoms with E-state index in [4.69, 9.17) is 4.74 Å². The minimum Gasteiger partial charge on any atom is -0.477 e. The third-order valence-electron chi connectivity index (χ3n) is 5.51. The molecule has 0 amide bonds. The van der Waals surface area contributed by atoms with Crippen molar-refractivity contribution in [2.24, 2.45) is 0 Å². The number of pyridine rings is 1. The number of alkyl halides is 3. The van der Waals surface area contributed by atoms with E-state index in [2.05, 4.69) is 14.3 Å². The lowest BCUT2D eigenvalue weighted by Gasteiger charge is -2.36. The maximum Gasteiger partial charge on any atom is 0.416 e. The van der Waals surface area contributed by atoms with Crippen LogP contribution in [-0.4, -0.2) is 53.6 Å². The molecule has 3 aromatic rings. The van der Waals surface area contributed by atoms with Gasteiger partial charge in [0, 0.05) is 44.1 Å². The fraction of sp³-hybridized carbons (Fsp3) is 0.455. The van der Waals surface area contributed by atoms with Gasteiger partial charge in [0.2, 0.25) is 5.88 Å². The van der Waals surface area contributed by atoms with Gasteiger partial charge in [-0.05, 0) is 61.6 Å². The second kappa shape index (κ2) is 9.00. The monoisotopic (exact) mass is 450 g/mol. The van der Waals surface area contributed by atoms with Crippen LogP contribution in [0.1, 0.15) is 23.2 Å². The van der Waals surface area contributed by atoms with Gasteiger partial charge in [-0.2, -0.15) is 17.5 Å². The van der Waals surface area contributed by atoms with Crippen molar-refractivity contribution in [3.05, 3.63) is 47.2 Å². The van der Waals surface area contributed by atoms with Gasteiger partial charge >= 0.3 is 6.18 Å². The summed E-state index contributed by atoms with van der Waals surface area (Å²) in [5.41, 5.74) is 2.13. The summed E-state index contributed by atoms with van der Waals surface area (Å²) in [6, 6.07) is 7.61. The number of ether oxygens (including phenoxy) is 1. The van der Waals surface area contributed by atoms with Crippen molar-refractivity contribution < 1.29 is 17.9 Å². The number of aryl methyl sites for hydroxylation is 2. The summed E-state index contributed by atoms with van der Waals surface area (Å²) in [4.78, 5) is 9.75. The van der Waals surface area contributed by atoms with Crippen LogP contribution < -0.4 is 9.64 Å². The number of benzene rings is 1. The van der Waals surface area contributed by atoms with Gasteiger partial charge in [0.05, 0.1) is 17.6 Å². The maximum absolute atomic E-state index is 13.0. The Labute approximate surface area is 183 Å². The molecule has 166 valence electrons. The summed E-state index contributed by atoms with van der Waals surface area (Å²) in [7, 11) is 0. The Morgan fingerprint density at radius 1 is 1.10 bits per heavy atom. The fourth-order valence-corrected chi connectivity index (χ4v) is 4.76. The van der Waals surface area contributed by atoms with Gasteiger partial charge in [0.15, 0.2) is 0 Å². The van der Waals surface area contributed by atoms with E-state index in [9.17, 15) is 13.2 Å². The molecular weight excluding hydrogens is 425 g/mol.